The monoisotopic (exact) mass is 566 g/mol. The maximum absolute atomic E-state index is 13.2. The fraction of sp³-hybridized carbons (Fsp3) is 0.188. The molecule has 0 spiro atoms. The van der Waals surface area contributed by atoms with Crippen molar-refractivity contribution in [3.05, 3.63) is 114 Å². The van der Waals surface area contributed by atoms with Gasteiger partial charge in [-0.2, -0.15) is 0 Å². The number of pyridine rings is 2. The van der Waals surface area contributed by atoms with Crippen LogP contribution in [0.25, 0.3) is 22.3 Å². The van der Waals surface area contributed by atoms with Crippen molar-refractivity contribution in [2.45, 2.75) is 19.0 Å². The van der Waals surface area contributed by atoms with Gasteiger partial charge in [0.25, 0.3) is 17.7 Å². The second kappa shape index (κ2) is 11.0. The van der Waals surface area contributed by atoms with Crippen LogP contribution in [0.4, 0.5) is 14.6 Å². The summed E-state index contributed by atoms with van der Waals surface area (Å²) in [5.74, 6) is -2.93. The average Bonchev–Trinajstić information content (AvgIpc) is 3.45. The first-order chi connectivity index (χ1) is 20.3. The van der Waals surface area contributed by atoms with E-state index < -0.39 is 24.9 Å². The molecule has 6 rings (SSSR count). The molecule has 0 aliphatic carbocycles. The van der Waals surface area contributed by atoms with Crippen LogP contribution in [0.15, 0.2) is 91.3 Å². The standard InChI is InChI=1S/C32H28F2N6O2/c1-35-30(41)25-16-37-29(39(17-21-8-4-2-5-9-21)18-22-10-6-3-7-11-22)28-24(25)14-27(38-28)26-13-12-23(15-36-26)31(42)40-19-32(33,34)20-40/h2-16,38H,17-20H2,1H3,(H,35,41). The summed E-state index contributed by atoms with van der Waals surface area (Å²) < 4.78 is 26.5. The minimum absolute atomic E-state index is 0.232. The lowest BCUT2D eigenvalue weighted by atomic mass is 10.1. The van der Waals surface area contributed by atoms with Gasteiger partial charge in [-0.05, 0) is 29.3 Å². The van der Waals surface area contributed by atoms with Gasteiger partial charge in [0, 0.05) is 37.9 Å². The number of benzene rings is 2. The summed E-state index contributed by atoms with van der Waals surface area (Å²) in [5, 5.41) is 3.35. The van der Waals surface area contributed by atoms with E-state index in [-0.39, 0.29) is 11.5 Å². The third-order valence-corrected chi connectivity index (χ3v) is 7.27. The SMILES string of the molecule is CNC(=O)c1cnc(N(Cc2ccccc2)Cc2ccccc2)c2[nH]c(-c3ccc(C(=O)N4CC(F)(F)C4)cn3)cc12. The normalized spacial score (nSPS) is 13.9. The number of carbonyl (C=O) groups excluding carboxylic acids is 2. The Kier molecular flexibility index (Phi) is 7.12. The van der Waals surface area contributed by atoms with Gasteiger partial charge in [0.1, 0.15) is 0 Å². The van der Waals surface area contributed by atoms with Crippen LogP contribution in [-0.2, 0) is 13.1 Å². The number of anilines is 1. The number of hydrogen-bond acceptors (Lipinski definition) is 5. The summed E-state index contributed by atoms with van der Waals surface area (Å²) in [6.45, 7) is -0.0154. The number of amides is 2. The smallest absolute Gasteiger partial charge is 0.282 e. The van der Waals surface area contributed by atoms with E-state index in [1.54, 1.807) is 25.4 Å². The van der Waals surface area contributed by atoms with E-state index in [1.165, 1.54) is 6.20 Å². The van der Waals surface area contributed by atoms with Crippen LogP contribution in [0, 0.1) is 0 Å². The van der Waals surface area contributed by atoms with Crippen molar-refractivity contribution in [3.8, 4) is 11.4 Å². The molecule has 1 aliphatic rings. The van der Waals surface area contributed by atoms with Crippen LogP contribution in [-0.4, -0.2) is 57.7 Å². The van der Waals surface area contributed by atoms with Crippen molar-refractivity contribution in [1.82, 2.24) is 25.2 Å². The Morgan fingerprint density at radius 2 is 1.57 bits per heavy atom. The molecule has 8 nitrogen and oxygen atoms in total. The summed E-state index contributed by atoms with van der Waals surface area (Å²) >= 11 is 0. The zero-order valence-electron chi connectivity index (χ0n) is 22.8. The van der Waals surface area contributed by atoms with Gasteiger partial charge in [-0.3, -0.25) is 14.6 Å². The molecule has 0 atom stereocenters. The van der Waals surface area contributed by atoms with E-state index in [0.29, 0.717) is 46.8 Å². The van der Waals surface area contributed by atoms with Crippen molar-refractivity contribution in [1.29, 1.82) is 0 Å². The molecule has 0 saturated carbocycles. The van der Waals surface area contributed by atoms with Gasteiger partial charge >= 0.3 is 0 Å². The molecule has 0 bridgehead atoms. The fourth-order valence-electron chi connectivity index (χ4n) is 5.13. The number of hydrogen-bond donors (Lipinski definition) is 2. The number of nitrogens with zero attached hydrogens (tertiary/aromatic N) is 4. The Morgan fingerprint density at radius 1 is 0.929 bits per heavy atom. The molecule has 2 aromatic carbocycles. The Balaban J connectivity index is 1.39. The summed E-state index contributed by atoms with van der Waals surface area (Å²) in [6, 6.07) is 25.2. The zero-order chi connectivity index (χ0) is 29.3. The van der Waals surface area contributed by atoms with E-state index in [1.807, 2.05) is 42.5 Å². The van der Waals surface area contributed by atoms with Crippen LogP contribution in [0.1, 0.15) is 31.8 Å². The van der Waals surface area contributed by atoms with Gasteiger partial charge in [-0.15, -0.1) is 0 Å². The molecule has 0 radical (unpaired) electrons. The predicted molar refractivity (Wildman–Crippen MR) is 156 cm³/mol. The average molecular weight is 567 g/mol. The molecule has 3 aromatic heterocycles. The lowest BCUT2D eigenvalue weighted by molar-refractivity contribution is -0.113. The van der Waals surface area contributed by atoms with E-state index in [9.17, 15) is 18.4 Å². The van der Waals surface area contributed by atoms with Gasteiger partial charge in [-0.25, -0.2) is 13.8 Å². The molecule has 1 aliphatic heterocycles. The second-order valence-electron chi connectivity index (χ2n) is 10.3. The molecule has 2 N–H and O–H groups in total. The molecule has 4 heterocycles. The summed E-state index contributed by atoms with van der Waals surface area (Å²) in [4.78, 5) is 41.2. The molecule has 5 aromatic rings. The number of fused-ring (bicyclic) bond motifs is 1. The highest BCUT2D eigenvalue weighted by atomic mass is 19.3. The quantitative estimate of drug-likeness (QED) is 0.267. The van der Waals surface area contributed by atoms with Crippen molar-refractivity contribution in [3.63, 3.8) is 0 Å². The highest BCUT2D eigenvalue weighted by Gasteiger charge is 2.46. The van der Waals surface area contributed by atoms with Crippen LogP contribution in [0.3, 0.4) is 0 Å². The minimum atomic E-state index is -2.84. The number of rotatable bonds is 8. The highest BCUT2D eigenvalue weighted by molar-refractivity contribution is 6.09. The Hall–Kier alpha value is -5.12. The number of nitrogens with one attached hydrogen (secondary N) is 2. The van der Waals surface area contributed by atoms with E-state index in [4.69, 9.17) is 4.98 Å². The number of halogens is 2. The minimum Gasteiger partial charge on any atom is -0.355 e. The lowest BCUT2D eigenvalue weighted by Crippen LogP contribution is -2.58. The molecular weight excluding hydrogens is 538 g/mol. The van der Waals surface area contributed by atoms with Crippen molar-refractivity contribution >= 4 is 28.5 Å². The number of carbonyl (C=O) groups is 2. The lowest BCUT2D eigenvalue weighted by Gasteiger charge is -2.38. The van der Waals surface area contributed by atoms with Crippen LogP contribution in [0.5, 0.6) is 0 Å². The summed E-state index contributed by atoms with van der Waals surface area (Å²) in [5.41, 5.74) is 4.67. The zero-order valence-corrected chi connectivity index (χ0v) is 22.8. The molecule has 2 amide bonds. The molecular formula is C32H28F2N6O2. The maximum Gasteiger partial charge on any atom is 0.282 e. The Labute approximate surface area is 241 Å². The molecule has 42 heavy (non-hydrogen) atoms. The molecule has 0 unspecified atom stereocenters. The summed E-state index contributed by atoms with van der Waals surface area (Å²) in [7, 11) is 1.57. The van der Waals surface area contributed by atoms with E-state index >= 15 is 0 Å². The fourth-order valence-corrected chi connectivity index (χ4v) is 5.13. The van der Waals surface area contributed by atoms with Gasteiger partial charge in [0.15, 0.2) is 5.82 Å². The van der Waals surface area contributed by atoms with Crippen LogP contribution in [0.2, 0.25) is 0 Å². The highest BCUT2D eigenvalue weighted by Crippen LogP contribution is 2.33. The first kappa shape index (κ1) is 27.1. The van der Waals surface area contributed by atoms with Crippen LogP contribution >= 0.6 is 0 Å². The third kappa shape index (κ3) is 5.43. The number of aromatic nitrogens is 3. The van der Waals surface area contributed by atoms with Gasteiger partial charge in [0.2, 0.25) is 0 Å². The number of alkyl halides is 2. The van der Waals surface area contributed by atoms with Crippen LogP contribution < -0.4 is 10.2 Å². The Morgan fingerprint density at radius 3 is 2.12 bits per heavy atom. The van der Waals surface area contributed by atoms with Crippen molar-refractivity contribution < 1.29 is 18.4 Å². The van der Waals surface area contributed by atoms with Gasteiger partial charge in [0.05, 0.1) is 41.1 Å². The molecule has 1 fully saturated rings. The second-order valence-corrected chi connectivity index (χ2v) is 10.3. The summed E-state index contributed by atoms with van der Waals surface area (Å²) in [6.07, 6.45) is 2.96. The topological polar surface area (TPSA) is 94.2 Å². The number of likely N-dealkylation sites (tertiary alicyclic amines) is 1. The maximum atomic E-state index is 13.2. The number of H-pyrrole nitrogens is 1. The first-order valence-electron chi connectivity index (χ1n) is 13.5. The molecule has 10 heteroatoms. The largest absolute Gasteiger partial charge is 0.355 e. The number of aromatic amines is 1. The van der Waals surface area contributed by atoms with E-state index in [0.717, 1.165) is 16.0 Å². The van der Waals surface area contributed by atoms with Gasteiger partial charge in [-0.1, -0.05) is 60.7 Å². The third-order valence-electron chi connectivity index (χ3n) is 7.27. The molecule has 1 saturated heterocycles. The van der Waals surface area contributed by atoms with E-state index in [2.05, 4.69) is 44.5 Å². The Bertz CT molecular complexity index is 1690. The van der Waals surface area contributed by atoms with Gasteiger partial charge < -0.3 is 20.1 Å². The first-order valence-corrected chi connectivity index (χ1v) is 13.5. The van der Waals surface area contributed by atoms with Crippen molar-refractivity contribution in [2.75, 3.05) is 25.0 Å². The van der Waals surface area contributed by atoms with Crippen molar-refractivity contribution in [2.24, 2.45) is 0 Å². The predicted octanol–water partition coefficient (Wildman–Crippen LogP) is 5.28. The molecule has 212 valence electrons.